The van der Waals surface area contributed by atoms with Crippen LogP contribution in [0.2, 0.25) is 0 Å². The van der Waals surface area contributed by atoms with E-state index in [2.05, 4.69) is 9.97 Å². The van der Waals surface area contributed by atoms with Crippen molar-refractivity contribution in [2.45, 2.75) is 97.3 Å². The number of pyridine rings is 2. The zero-order valence-corrected chi connectivity index (χ0v) is 45.0. The number of hydrogen-bond donors (Lipinski definition) is 0. The van der Waals surface area contributed by atoms with Crippen molar-refractivity contribution in [3.63, 3.8) is 0 Å². The van der Waals surface area contributed by atoms with Gasteiger partial charge >= 0.3 is 0 Å². The average Bonchev–Trinajstić information content (AvgIpc) is 1.68. The van der Waals surface area contributed by atoms with Gasteiger partial charge in [-0.2, -0.15) is 0 Å². The minimum atomic E-state index is -3.30. The first-order valence-electron chi connectivity index (χ1n) is 26.6. The molecule has 442 valence electrons. The highest BCUT2D eigenvalue weighted by Crippen LogP contribution is 2.55. The van der Waals surface area contributed by atoms with Crippen LogP contribution in [0.3, 0.4) is 0 Å². The number of halogens is 20. The lowest BCUT2D eigenvalue weighted by Crippen LogP contribution is -2.59. The smallest absolute Gasteiger partial charge is 0.253 e. The predicted molar refractivity (Wildman–Crippen MR) is 280 cm³/mol. The lowest BCUT2D eigenvalue weighted by molar-refractivity contribution is 0.382. The van der Waals surface area contributed by atoms with Crippen molar-refractivity contribution in [1.29, 1.82) is 0 Å². The number of fused-ring (bicyclic) bond motifs is 3. The lowest BCUT2D eigenvalue weighted by Gasteiger charge is -2.34. The minimum absolute atomic E-state index is 0.0522. The topological polar surface area (TPSA) is 25.8 Å². The number of aromatic nitrogens is 2. The zero-order valence-electron chi connectivity index (χ0n) is 45.0. The minimum Gasteiger partial charge on any atom is -0.253 e. The van der Waals surface area contributed by atoms with Crippen molar-refractivity contribution in [3.05, 3.63) is 200 Å². The molecule has 1 aliphatic carbocycles. The summed E-state index contributed by atoms with van der Waals surface area (Å²) in [5.74, 6) is -56.0. The van der Waals surface area contributed by atoms with E-state index in [1.807, 2.05) is 13.8 Å². The molecule has 9 rings (SSSR count). The molecule has 0 atom stereocenters. The van der Waals surface area contributed by atoms with E-state index in [4.69, 9.17) is 0 Å². The van der Waals surface area contributed by atoms with E-state index in [1.54, 1.807) is 0 Å². The first-order valence-corrected chi connectivity index (χ1v) is 26.6. The molecule has 85 heavy (non-hydrogen) atoms. The molecule has 0 aliphatic heterocycles. The molecule has 0 saturated carbocycles. The fourth-order valence-electron chi connectivity index (χ4n) is 11.7. The highest BCUT2D eigenvalue weighted by atomic mass is 19.2. The Morgan fingerprint density at radius 2 is 0.576 bits per heavy atom. The van der Waals surface area contributed by atoms with Crippen molar-refractivity contribution in [2.24, 2.45) is 0 Å². The van der Waals surface area contributed by atoms with Crippen molar-refractivity contribution in [2.75, 3.05) is 0 Å². The number of hydrogen-bond acceptors (Lipinski definition) is 2. The van der Waals surface area contributed by atoms with E-state index < -0.39 is 190 Å². The molecule has 0 bridgehead atoms. The third-order valence-corrected chi connectivity index (χ3v) is 15.7. The second kappa shape index (κ2) is 24.0. The third-order valence-electron chi connectivity index (χ3n) is 15.7. The van der Waals surface area contributed by atoms with Crippen LogP contribution in [0.4, 0.5) is 87.8 Å². The van der Waals surface area contributed by atoms with Crippen LogP contribution in [-0.4, -0.2) is 23.4 Å². The quantitative estimate of drug-likeness (QED) is 0.0281. The summed E-state index contributed by atoms with van der Waals surface area (Å²) < 4.78 is 318. The molecular weight excluding hydrogens is 1160 g/mol. The van der Waals surface area contributed by atoms with E-state index in [9.17, 15) is 17.6 Å². The molecule has 0 amide bonds. The molecule has 8 aromatic rings. The van der Waals surface area contributed by atoms with Gasteiger partial charge in [-0.1, -0.05) is 100 Å². The fraction of sp³-hybridized carbons (Fsp3) is 0.246. The first-order chi connectivity index (χ1) is 40.3. The standard InChI is InChI=1S/C61H42B2F20N2/c1-5-7-9-11-19-61(20-12-10-8-6-2)31-21-29(35-17-13-15-25(3)84-35)33(62(37-41(64)49(72)57(80)50(73)42(37)65)38-43(66)51(74)58(81)52(75)44(38)67)23-27(31)28-24-34(30(22-32(28)61)36-18-14-16-26(4)85-36)63(39-45(68)53(76)59(82)54(77)46(39)69)40-47(70)55(78)60(83)56(79)48(40)71/h13-18,21-24H,5-12,19-20H2,1-4H3. The summed E-state index contributed by atoms with van der Waals surface area (Å²) in [4.78, 5) is 8.96. The average molecular weight is 1200 g/mol. The van der Waals surface area contributed by atoms with E-state index >= 15 is 70.2 Å². The van der Waals surface area contributed by atoms with Crippen LogP contribution in [0.5, 0.6) is 0 Å². The van der Waals surface area contributed by atoms with E-state index in [1.165, 1.54) is 62.4 Å². The molecule has 2 nitrogen and oxygen atoms in total. The molecule has 0 spiro atoms. The molecule has 0 radical (unpaired) electrons. The maximum atomic E-state index is 16.7. The van der Waals surface area contributed by atoms with E-state index in [0.717, 1.165) is 12.1 Å². The molecule has 0 unspecified atom stereocenters. The molecule has 2 heterocycles. The van der Waals surface area contributed by atoms with Gasteiger partial charge in [-0.05, 0) is 96.5 Å². The maximum Gasteiger partial charge on any atom is 0.258 e. The number of benzene rings is 6. The van der Waals surface area contributed by atoms with Crippen LogP contribution in [-0.2, 0) is 5.41 Å². The number of rotatable bonds is 18. The molecule has 0 N–H and O–H groups in total. The molecule has 0 saturated heterocycles. The maximum absolute atomic E-state index is 16.7. The van der Waals surface area contributed by atoms with Gasteiger partial charge in [0, 0.05) is 38.7 Å². The number of aryl methyl sites for hydroxylation is 2. The van der Waals surface area contributed by atoms with Gasteiger partial charge in [-0.15, -0.1) is 0 Å². The molecule has 6 aromatic carbocycles. The highest BCUT2D eigenvalue weighted by molar-refractivity contribution is 6.97. The van der Waals surface area contributed by atoms with Gasteiger partial charge in [0.25, 0.3) is 13.4 Å². The predicted octanol–water partition coefficient (Wildman–Crippen LogP) is 14.4. The van der Waals surface area contributed by atoms with Crippen molar-refractivity contribution in [3.8, 4) is 33.6 Å². The van der Waals surface area contributed by atoms with Crippen molar-refractivity contribution < 1.29 is 87.8 Å². The van der Waals surface area contributed by atoms with Crippen LogP contribution >= 0.6 is 0 Å². The second-order valence-corrected chi connectivity index (χ2v) is 20.8. The van der Waals surface area contributed by atoms with Crippen LogP contribution in [0, 0.1) is 130 Å². The SMILES string of the molecule is CCCCCCC1(CCCCCC)c2cc(-c3cccc(C)n3)c(B(c3c(F)c(F)c(F)c(F)c3F)c3c(F)c(F)c(F)c(F)c3F)cc2-c2cc(B(c3c(F)c(F)c(F)c(F)c3F)c3c(F)c(F)c(F)c(F)c3F)c(-c3cccc(C)n3)cc21. The monoisotopic (exact) mass is 1200 g/mol. The summed E-state index contributed by atoms with van der Waals surface area (Å²) in [7, 11) is 0. The number of unbranched alkanes of at least 4 members (excludes halogenated alkanes) is 6. The Bertz CT molecular complexity index is 3510. The van der Waals surface area contributed by atoms with Gasteiger partial charge in [0.05, 0.1) is 11.4 Å². The van der Waals surface area contributed by atoms with Crippen molar-refractivity contribution >= 4 is 46.2 Å². The zero-order chi connectivity index (χ0) is 62.0. The Balaban J connectivity index is 1.57. The summed E-state index contributed by atoms with van der Waals surface area (Å²) >= 11 is 0. The van der Waals surface area contributed by atoms with Gasteiger partial charge in [-0.25, -0.2) is 87.8 Å². The molecule has 0 fully saturated rings. The van der Waals surface area contributed by atoms with Gasteiger partial charge in [0.15, 0.2) is 116 Å². The normalized spacial score (nSPS) is 12.6. The van der Waals surface area contributed by atoms with Crippen molar-refractivity contribution in [1.82, 2.24) is 9.97 Å². The van der Waals surface area contributed by atoms with E-state index in [-0.39, 0.29) is 46.7 Å². The Morgan fingerprint density at radius 3 is 0.824 bits per heavy atom. The second-order valence-electron chi connectivity index (χ2n) is 20.8. The van der Waals surface area contributed by atoms with Gasteiger partial charge in [0.2, 0.25) is 0 Å². The largest absolute Gasteiger partial charge is 0.258 e. The van der Waals surface area contributed by atoms with Crippen LogP contribution < -0.4 is 32.8 Å². The van der Waals surface area contributed by atoms with Crippen LogP contribution in [0.15, 0.2) is 60.7 Å². The Labute approximate surface area is 473 Å². The molecule has 1 aliphatic rings. The third kappa shape index (κ3) is 10.3. The summed E-state index contributed by atoms with van der Waals surface area (Å²) in [6.45, 7) is -0.00988. The Kier molecular flexibility index (Phi) is 17.5. The van der Waals surface area contributed by atoms with Gasteiger partial charge in [0.1, 0.15) is 0 Å². The Morgan fingerprint density at radius 1 is 0.318 bits per heavy atom. The highest BCUT2D eigenvalue weighted by Gasteiger charge is 2.49. The van der Waals surface area contributed by atoms with Gasteiger partial charge in [-0.3, -0.25) is 9.97 Å². The van der Waals surface area contributed by atoms with Crippen LogP contribution in [0.25, 0.3) is 33.6 Å². The summed E-state index contributed by atoms with van der Waals surface area (Å²) in [5, 5.41) is 0. The molecule has 24 heteroatoms. The summed E-state index contributed by atoms with van der Waals surface area (Å²) in [5.41, 5.74) is -14.4. The number of nitrogens with zero attached hydrogens (tertiary/aromatic N) is 2. The first kappa shape index (κ1) is 61.9. The molecule has 2 aromatic heterocycles. The van der Waals surface area contributed by atoms with Gasteiger partial charge < -0.3 is 0 Å². The lowest BCUT2D eigenvalue weighted by atomic mass is 9.35. The summed E-state index contributed by atoms with van der Waals surface area (Å²) in [6, 6.07) is 11.9. The van der Waals surface area contributed by atoms with Crippen LogP contribution in [0.1, 0.15) is 101 Å². The summed E-state index contributed by atoms with van der Waals surface area (Å²) in [6.07, 6.45) is 4.20. The van der Waals surface area contributed by atoms with E-state index in [0.29, 0.717) is 51.4 Å². The Hall–Kier alpha value is -7.65. The fourth-order valence-corrected chi connectivity index (χ4v) is 11.7. The molecular formula is C61H42B2F20N2.